The summed E-state index contributed by atoms with van der Waals surface area (Å²) in [6.45, 7) is -0.247. The number of methoxy groups -OCH3 is 1. The van der Waals surface area contributed by atoms with Crippen LogP contribution in [0.25, 0.3) is 0 Å². The van der Waals surface area contributed by atoms with Crippen LogP contribution in [0, 0.1) is 5.82 Å². The Labute approximate surface area is 178 Å². The maximum Gasteiger partial charge on any atom is 0.323 e. The van der Waals surface area contributed by atoms with E-state index in [-0.39, 0.29) is 30.6 Å². The quantitative estimate of drug-likeness (QED) is 0.630. The topological polar surface area (TPSA) is 106 Å². The summed E-state index contributed by atoms with van der Waals surface area (Å²) in [6.07, 6.45) is -0.804. The van der Waals surface area contributed by atoms with E-state index in [1.165, 1.54) is 25.3 Å². The molecule has 164 valence electrons. The number of carbonyl (C=O) groups excluding carboxylic acids is 2. The highest BCUT2D eigenvalue weighted by atomic mass is 19.1. The summed E-state index contributed by atoms with van der Waals surface area (Å²) in [4.78, 5) is 24.0. The van der Waals surface area contributed by atoms with Gasteiger partial charge in [-0.25, -0.2) is 9.18 Å². The molecule has 1 saturated heterocycles. The van der Waals surface area contributed by atoms with Gasteiger partial charge in [0.15, 0.2) is 0 Å². The van der Waals surface area contributed by atoms with Gasteiger partial charge in [-0.15, -0.1) is 0 Å². The van der Waals surface area contributed by atoms with E-state index in [0.29, 0.717) is 17.9 Å². The maximum atomic E-state index is 13.8. The fourth-order valence-corrected chi connectivity index (χ4v) is 4.08. The minimum Gasteiger partial charge on any atom is -0.487 e. The summed E-state index contributed by atoms with van der Waals surface area (Å²) in [5, 5.41) is 14.9. The molecule has 0 spiro atoms. The van der Waals surface area contributed by atoms with Crippen LogP contribution >= 0.6 is 0 Å². The second kappa shape index (κ2) is 8.91. The summed E-state index contributed by atoms with van der Waals surface area (Å²) < 4.78 is 30.3. The van der Waals surface area contributed by atoms with E-state index >= 15 is 0 Å². The van der Waals surface area contributed by atoms with Crippen molar-refractivity contribution >= 4 is 23.4 Å². The van der Waals surface area contributed by atoms with Gasteiger partial charge >= 0.3 is 12.0 Å². The molecule has 9 heteroatoms. The largest absolute Gasteiger partial charge is 0.487 e. The van der Waals surface area contributed by atoms with E-state index in [0.717, 1.165) is 5.56 Å². The van der Waals surface area contributed by atoms with Crippen LogP contribution in [0.1, 0.15) is 24.3 Å². The van der Waals surface area contributed by atoms with Crippen molar-refractivity contribution in [3.63, 3.8) is 0 Å². The van der Waals surface area contributed by atoms with Crippen molar-refractivity contribution in [3.8, 4) is 5.75 Å². The monoisotopic (exact) mass is 430 g/mol. The Bertz CT molecular complexity index is 984. The molecule has 0 radical (unpaired) electrons. The van der Waals surface area contributed by atoms with Crippen molar-refractivity contribution in [1.82, 2.24) is 0 Å². The number of ether oxygens (including phenoxy) is 3. The van der Waals surface area contributed by atoms with E-state index in [1.807, 2.05) is 0 Å². The Balaban J connectivity index is 1.49. The number of anilines is 2. The second-order valence-electron chi connectivity index (χ2n) is 7.50. The number of aliphatic hydroxyl groups excluding tert-OH is 1. The molecule has 1 fully saturated rings. The van der Waals surface area contributed by atoms with Crippen LogP contribution in [0.5, 0.6) is 5.75 Å². The first-order valence-corrected chi connectivity index (χ1v) is 9.94. The highest BCUT2D eigenvalue weighted by Gasteiger charge is 2.46. The Hall–Kier alpha value is -3.17. The fraction of sp³-hybridized carbons (Fsp3) is 0.364. The summed E-state index contributed by atoms with van der Waals surface area (Å²) in [5.41, 5.74) is 1.43. The van der Waals surface area contributed by atoms with Gasteiger partial charge in [0.2, 0.25) is 0 Å². The van der Waals surface area contributed by atoms with E-state index < -0.39 is 30.2 Å². The number of halogens is 1. The summed E-state index contributed by atoms with van der Waals surface area (Å²) in [7, 11) is 1.32. The minimum atomic E-state index is -0.582. The molecule has 0 saturated carbocycles. The molecule has 4 atom stereocenters. The highest BCUT2D eigenvalue weighted by molar-refractivity contribution is 5.99. The van der Waals surface area contributed by atoms with Gasteiger partial charge < -0.3 is 30.0 Å². The smallest absolute Gasteiger partial charge is 0.323 e. The van der Waals surface area contributed by atoms with Crippen LogP contribution in [0.15, 0.2) is 42.5 Å². The van der Waals surface area contributed by atoms with Crippen molar-refractivity contribution in [1.29, 1.82) is 0 Å². The lowest BCUT2D eigenvalue weighted by Crippen LogP contribution is -2.46. The van der Waals surface area contributed by atoms with Gasteiger partial charge in [0.05, 0.1) is 31.9 Å². The number of amides is 2. The van der Waals surface area contributed by atoms with Crippen molar-refractivity contribution in [2.75, 3.05) is 24.4 Å². The van der Waals surface area contributed by atoms with E-state index in [2.05, 4.69) is 10.6 Å². The third-order valence-corrected chi connectivity index (χ3v) is 5.50. The van der Waals surface area contributed by atoms with E-state index in [4.69, 9.17) is 14.2 Å². The Morgan fingerprint density at radius 3 is 2.77 bits per heavy atom. The van der Waals surface area contributed by atoms with Gasteiger partial charge in [0.1, 0.15) is 23.8 Å². The predicted molar refractivity (Wildman–Crippen MR) is 110 cm³/mol. The van der Waals surface area contributed by atoms with Crippen molar-refractivity contribution in [2.45, 2.75) is 37.1 Å². The van der Waals surface area contributed by atoms with Crippen LogP contribution in [0.4, 0.5) is 20.6 Å². The van der Waals surface area contributed by atoms with Crippen molar-refractivity contribution in [3.05, 3.63) is 53.8 Å². The molecular formula is C22H23FN2O6. The molecule has 2 aliphatic rings. The number of carbonyl (C=O) groups is 2. The zero-order valence-corrected chi connectivity index (χ0v) is 16.8. The average molecular weight is 430 g/mol. The lowest BCUT2D eigenvalue weighted by Gasteiger charge is -2.36. The molecule has 2 aromatic carbocycles. The van der Waals surface area contributed by atoms with Crippen LogP contribution in [-0.4, -0.2) is 49.1 Å². The first-order valence-electron chi connectivity index (χ1n) is 9.94. The van der Waals surface area contributed by atoms with Gasteiger partial charge in [-0.2, -0.15) is 0 Å². The predicted octanol–water partition coefficient (Wildman–Crippen LogP) is 3.03. The molecule has 0 aromatic heterocycles. The van der Waals surface area contributed by atoms with E-state index in [1.54, 1.807) is 24.3 Å². The summed E-state index contributed by atoms with van der Waals surface area (Å²) in [6, 6.07) is 10.5. The van der Waals surface area contributed by atoms with Gasteiger partial charge in [-0.3, -0.25) is 4.79 Å². The maximum absolute atomic E-state index is 13.8. The zero-order chi connectivity index (χ0) is 22.0. The van der Waals surface area contributed by atoms with Crippen LogP contribution < -0.4 is 15.4 Å². The van der Waals surface area contributed by atoms with Gasteiger partial charge in [-0.1, -0.05) is 12.1 Å². The van der Waals surface area contributed by atoms with Gasteiger partial charge in [-0.05, 0) is 36.8 Å². The molecular weight excluding hydrogens is 407 g/mol. The number of urea groups is 1. The SMILES string of the molecule is COC(=O)C[C@H]1C[C@@H]2c3cc(NC(=O)Nc4ccccc4F)ccc3O[C@@H]2[C@@H](CO)O1. The highest BCUT2D eigenvalue weighted by Crippen LogP contribution is 2.47. The molecule has 0 aliphatic carbocycles. The molecule has 3 N–H and O–H groups in total. The molecule has 4 rings (SSSR count). The number of fused-ring (bicyclic) bond motifs is 3. The Morgan fingerprint density at radius 1 is 1.23 bits per heavy atom. The molecule has 2 aromatic rings. The fourth-order valence-electron chi connectivity index (χ4n) is 4.08. The number of hydrogen-bond donors (Lipinski definition) is 3. The number of rotatable bonds is 5. The second-order valence-corrected chi connectivity index (χ2v) is 7.50. The zero-order valence-electron chi connectivity index (χ0n) is 16.8. The van der Waals surface area contributed by atoms with Crippen LogP contribution in [-0.2, 0) is 14.3 Å². The molecule has 31 heavy (non-hydrogen) atoms. The van der Waals surface area contributed by atoms with E-state index in [9.17, 15) is 19.1 Å². The van der Waals surface area contributed by atoms with Crippen molar-refractivity contribution in [2.24, 2.45) is 0 Å². The molecule has 0 bridgehead atoms. The third kappa shape index (κ3) is 4.47. The first kappa shape index (κ1) is 21.1. The van der Waals surface area contributed by atoms with Crippen molar-refractivity contribution < 1.29 is 33.3 Å². The van der Waals surface area contributed by atoms with Crippen LogP contribution in [0.3, 0.4) is 0 Å². The normalized spacial score (nSPS) is 23.8. The first-order chi connectivity index (χ1) is 15.0. The lowest BCUT2D eigenvalue weighted by atomic mass is 9.84. The number of nitrogens with one attached hydrogen (secondary N) is 2. The number of esters is 1. The standard InChI is InChI=1S/C22H23FN2O6/c1-29-20(27)10-13-9-15-14-8-12(6-7-18(14)31-21(15)19(11-26)30-13)24-22(28)25-17-5-3-2-4-16(17)23/h2-8,13,15,19,21,26H,9-11H2,1H3,(H2,24,25,28)/t13-,15-,19-,21+/m1/s1. The van der Waals surface area contributed by atoms with Gasteiger partial charge in [0, 0.05) is 17.2 Å². The molecule has 2 amide bonds. The lowest BCUT2D eigenvalue weighted by molar-refractivity contribution is -0.156. The third-order valence-electron chi connectivity index (χ3n) is 5.50. The van der Waals surface area contributed by atoms with Crippen LogP contribution in [0.2, 0.25) is 0 Å². The van der Waals surface area contributed by atoms with Gasteiger partial charge in [0.25, 0.3) is 0 Å². The Morgan fingerprint density at radius 2 is 2.03 bits per heavy atom. The number of hydrogen-bond acceptors (Lipinski definition) is 6. The number of benzene rings is 2. The number of para-hydroxylation sites is 1. The molecule has 0 unspecified atom stereocenters. The number of aliphatic hydroxyl groups is 1. The summed E-state index contributed by atoms with van der Waals surface area (Å²) >= 11 is 0. The summed E-state index contributed by atoms with van der Waals surface area (Å²) in [5.74, 6) is -0.404. The Kier molecular flexibility index (Phi) is 6.06. The molecule has 2 heterocycles. The average Bonchev–Trinajstić information content (AvgIpc) is 3.12. The molecule has 2 aliphatic heterocycles. The minimum absolute atomic E-state index is 0.0745. The molecule has 8 nitrogen and oxygen atoms in total.